The third-order valence-electron chi connectivity index (χ3n) is 3.69. The van der Waals surface area contributed by atoms with Crippen LogP contribution in [-0.4, -0.2) is 39.1 Å². The van der Waals surface area contributed by atoms with Gasteiger partial charge in [0.2, 0.25) is 5.91 Å². The zero-order valence-electron chi connectivity index (χ0n) is 14.7. The predicted octanol–water partition coefficient (Wildman–Crippen LogP) is 3.21. The highest BCUT2D eigenvalue weighted by atomic mass is 35.5. The average molecular weight is 411 g/mol. The Morgan fingerprint density at radius 1 is 1.33 bits per heavy atom. The second-order valence-corrected chi connectivity index (χ2v) is 7.13. The van der Waals surface area contributed by atoms with Crippen LogP contribution in [0.5, 0.6) is 5.75 Å². The van der Waals surface area contributed by atoms with Gasteiger partial charge in [-0.3, -0.25) is 14.7 Å². The van der Waals surface area contributed by atoms with Crippen molar-refractivity contribution in [3.05, 3.63) is 35.1 Å². The Labute approximate surface area is 165 Å². The Morgan fingerprint density at radius 2 is 2.11 bits per heavy atom. The molecule has 1 fully saturated rings. The Bertz CT molecular complexity index is 825. The molecular weight excluding hydrogens is 392 g/mol. The number of ether oxygens (including phenoxy) is 2. The number of hydrogen-bond acceptors (Lipinski definition) is 7. The summed E-state index contributed by atoms with van der Waals surface area (Å²) in [5.74, 6) is 0.839. The van der Waals surface area contributed by atoms with Crippen LogP contribution < -0.4 is 10.1 Å². The van der Waals surface area contributed by atoms with Crippen molar-refractivity contribution in [2.75, 3.05) is 12.4 Å². The van der Waals surface area contributed by atoms with E-state index in [1.165, 1.54) is 11.8 Å². The Morgan fingerprint density at radius 3 is 2.81 bits per heavy atom. The number of aromatic nitrogens is 3. The van der Waals surface area contributed by atoms with Crippen molar-refractivity contribution in [2.45, 2.75) is 37.6 Å². The summed E-state index contributed by atoms with van der Waals surface area (Å²) in [5, 5.41) is 11.7. The van der Waals surface area contributed by atoms with Crippen LogP contribution in [0.1, 0.15) is 31.6 Å². The zero-order chi connectivity index (χ0) is 19.2. The van der Waals surface area contributed by atoms with E-state index >= 15 is 0 Å². The number of carbonyl (C=O) groups excluding carboxylic acids is 2. The van der Waals surface area contributed by atoms with Crippen LogP contribution in [0.3, 0.4) is 0 Å². The lowest BCUT2D eigenvalue weighted by atomic mass is 10.3. The maximum Gasteiger partial charge on any atom is 0.413 e. The molecule has 1 aromatic heterocycles. The van der Waals surface area contributed by atoms with Gasteiger partial charge in [-0.1, -0.05) is 35.5 Å². The van der Waals surface area contributed by atoms with E-state index in [2.05, 4.69) is 20.3 Å². The number of para-hydroxylation sites is 1. The minimum Gasteiger partial charge on any atom is -0.484 e. The SMILES string of the molecule is CCOC(=O)NC(=O)CSc1nnc(COc2ccccc2Cl)n1C1CC1. The molecule has 0 unspecified atom stereocenters. The van der Waals surface area contributed by atoms with Gasteiger partial charge in [0, 0.05) is 6.04 Å². The van der Waals surface area contributed by atoms with Gasteiger partial charge >= 0.3 is 6.09 Å². The minimum absolute atomic E-state index is 0.0367. The summed E-state index contributed by atoms with van der Waals surface area (Å²) < 4.78 is 12.4. The summed E-state index contributed by atoms with van der Waals surface area (Å²) in [5.41, 5.74) is 0. The number of carbonyl (C=O) groups is 2. The van der Waals surface area contributed by atoms with Crippen LogP contribution in [0.4, 0.5) is 4.79 Å². The van der Waals surface area contributed by atoms with Crippen molar-refractivity contribution in [3.63, 3.8) is 0 Å². The normalized spacial score (nSPS) is 13.3. The van der Waals surface area contributed by atoms with Crippen molar-refractivity contribution < 1.29 is 19.1 Å². The number of hydrogen-bond donors (Lipinski definition) is 1. The molecule has 0 radical (unpaired) electrons. The molecular formula is C17H19ClN4O4S. The van der Waals surface area contributed by atoms with Crippen LogP contribution in [0.25, 0.3) is 0 Å². The smallest absolute Gasteiger partial charge is 0.413 e. The largest absolute Gasteiger partial charge is 0.484 e. The summed E-state index contributed by atoms with van der Waals surface area (Å²) in [7, 11) is 0. The first-order valence-corrected chi connectivity index (χ1v) is 9.85. The van der Waals surface area contributed by atoms with Crippen LogP contribution in [0.2, 0.25) is 5.02 Å². The van der Waals surface area contributed by atoms with E-state index in [9.17, 15) is 9.59 Å². The molecule has 10 heteroatoms. The quantitative estimate of drug-likeness (QED) is 0.667. The van der Waals surface area contributed by atoms with E-state index in [0.717, 1.165) is 12.8 Å². The number of nitrogens with one attached hydrogen (secondary N) is 1. The van der Waals surface area contributed by atoms with Crippen molar-refractivity contribution in [1.29, 1.82) is 0 Å². The van der Waals surface area contributed by atoms with Gasteiger partial charge in [0.15, 0.2) is 11.0 Å². The molecule has 27 heavy (non-hydrogen) atoms. The number of halogens is 1. The molecule has 3 rings (SSSR count). The van der Waals surface area contributed by atoms with E-state index in [0.29, 0.717) is 27.8 Å². The monoisotopic (exact) mass is 410 g/mol. The standard InChI is InChI=1S/C17H19ClN4O4S/c1-2-25-17(24)19-15(23)10-27-16-21-20-14(22(16)11-7-8-11)9-26-13-6-4-3-5-12(13)18/h3-6,11H,2,7-10H2,1H3,(H,19,23,24). The first-order valence-electron chi connectivity index (χ1n) is 8.49. The van der Waals surface area contributed by atoms with Gasteiger partial charge in [0.1, 0.15) is 12.4 Å². The van der Waals surface area contributed by atoms with Crippen LogP contribution in [0, 0.1) is 0 Å². The number of rotatable bonds is 8. The summed E-state index contributed by atoms with van der Waals surface area (Å²) in [4.78, 5) is 23.1. The molecule has 0 bridgehead atoms. The van der Waals surface area contributed by atoms with Crippen LogP contribution in [-0.2, 0) is 16.1 Å². The number of benzene rings is 1. The lowest BCUT2D eigenvalue weighted by Gasteiger charge is -2.10. The van der Waals surface area contributed by atoms with Crippen LogP contribution in [0.15, 0.2) is 29.4 Å². The van der Waals surface area contributed by atoms with Gasteiger partial charge in [0.05, 0.1) is 17.4 Å². The van der Waals surface area contributed by atoms with Gasteiger partial charge in [-0.25, -0.2) is 4.79 Å². The highest BCUT2D eigenvalue weighted by Gasteiger charge is 2.30. The lowest BCUT2D eigenvalue weighted by molar-refractivity contribution is -0.117. The van der Waals surface area contributed by atoms with Gasteiger partial charge in [-0.05, 0) is 31.9 Å². The molecule has 1 aliphatic rings. The highest BCUT2D eigenvalue weighted by molar-refractivity contribution is 7.99. The van der Waals surface area contributed by atoms with Gasteiger partial charge in [-0.15, -0.1) is 10.2 Å². The predicted molar refractivity (Wildman–Crippen MR) is 100.0 cm³/mol. The second-order valence-electron chi connectivity index (χ2n) is 5.78. The molecule has 8 nitrogen and oxygen atoms in total. The number of nitrogens with zero attached hydrogens (tertiary/aromatic N) is 3. The first-order chi connectivity index (χ1) is 13.1. The third kappa shape index (κ3) is 5.36. The van der Waals surface area contributed by atoms with Crippen molar-refractivity contribution in [1.82, 2.24) is 20.1 Å². The van der Waals surface area contributed by atoms with Gasteiger partial charge < -0.3 is 9.47 Å². The average Bonchev–Trinajstić information content (AvgIpc) is 3.40. The number of alkyl carbamates (subject to hydrolysis) is 1. The molecule has 1 saturated carbocycles. The van der Waals surface area contributed by atoms with E-state index in [1.807, 2.05) is 16.7 Å². The fourth-order valence-electron chi connectivity index (χ4n) is 2.36. The molecule has 1 aliphatic carbocycles. The molecule has 1 aromatic carbocycles. The molecule has 2 amide bonds. The number of imide groups is 1. The summed E-state index contributed by atoms with van der Waals surface area (Å²) in [6.45, 7) is 2.10. The topological polar surface area (TPSA) is 95.3 Å². The Balaban J connectivity index is 1.61. The number of thioether (sulfide) groups is 1. The van der Waals surface area contributed by atoms with Crippen LogP contribution >= 0.6 is 23.4 Å². The summed E-state index contributed by atoms with van der Waals surface area (Å²) in [6.07, 6.45) is 1.31. The highest BCUT2D eigenvalue weighted by Crippen LogP contribution is 2.39. The molecule has 144 valence electrons. The van der Waals surface area contributed by atoms with Crippen molar-refractivity contribution in [3.8, 4) is 5.75 Å². The molecule has 1 heterocycles. The first kappa shape index (κ1) is 19.5. The number of amides is 2. The molecule has 1 N–H and O–H groups in total. The van der Waals surface area contributed by atoms with E-state index in [4.69, 9.17) is 16.3 Å². The van der Waals surface area contributed by atoms with E-state index < -0.39 is 12.0 Å². The molecule has 2 aromatic rings. The fourth-order valence-corrected chi connectivity index (χ4v) is 3.37. The van der Waals surface area contributed by atoms with E-state index in [1.54, 1.807) is 19.1 Å². The second kappa shape index (κ2) is 9.09. The maximum absolute atomic E-state index is 11.8. The molecule has 0 atom stereocenters. The van der Waals surface area contributed by atoms with E-state index in [-0.39, 0.29) is 19.0 Å². The summed E-state index contributed by atoms with van der Waals surface area (Å²) >= 11 is 7.32. The van der Waals surface area contributed by atoms with Gasteiger partial charge in [0.25, 0.3) is 0 Å². The minimum atomic E-state index is -0.749. The van der Waals surface area contributed by atoms with Crippen molar-refractivity contribution >= 4 is 35.4 Å². The van der Waals surface area contributed by atoms with Crippen molar-refractivity contribution in [2.24, 2.45) is 0 Å². The Kier molecular flexibility index (Phi) is 6.57. The maximum atomic E-state index is 11.8. The zero-order valence-corrected chi connectivity index (χ0v) is 16.3. The molecule has 0 saturated heterocycles. The lowest BCUT2D eigenvalue weighted by Crippen LogP contribution is -2.32. The third-order valence-corrected chi connectivity index (χ3v) is 4.95. The molecule has 0 spiro atoms. The summed E-state index contributed by atoms with van der Waals surface area (Å²) in [6, 6.07) is 7.52. The fraction of sp³-hybridized carbons (Fsp3) is 0.412. The Hall–Kier alpha value is -2.26. The molecule has 0 aliphatic heterocycles. The van der Waals surface area contributed by atoms with Gasteiger partial charge in [-0.2, -0.15) is 0 Å².